The van der Waals surface area contributed by atoms with E-state index < -0.39 is 0 Å². The first kappa shape index (κ1) is 16.4. The molecule has 3 N–H and O–H groups in total. The van der Waals surface area contributed by atoms with Crippen molar-refractivity contribution in [3.05, 3.63) is 65.3 Å². The predicted molar refractivity (Wildman–Crippen MR) is 99.6 cm³/mol. The Morgan fingerprint density at radius 2 is 1.83 bits per heavy atom. The van der Waals surface area contributed by atoms with E-state index in [-0.39, 0.29) is 5.91 Å². The molecule has 0 aliphatic heterocycles. The van der Waals surface area contributed by atoms with E-state index in [9.17, 15) is 4.79 Å². The van der Waals surface area contributed by atoms with Crippen LogP contribution in [-0.2, 0) is 11.2 Å². The zero-order chi connectivity index (χ0) is 16.8. The highest BCUT2D eigenvalue weighted by molar-refractivity contribution is 6.33. The molecule has 0 aliphatic rings. The van der Waals surface area contributed by atoms with E-state index in [0.29, 0.717) is 24.5 Å². The maximum absolute atomic E-state index is 11.9. The topological polar surface area (TPSA) is 56.9 Å². The van der Waals surface area contributed by atoms with Gasteiger partial charge in [0.25, 0.3) is 0 Å². The SMILES string of the molecule is O=C(CCNc1ccccc1Cl)NCCc1c[nH]c2ccccc12. The van der Waals surface area contributed by atoms with Crippen LogP contribution in [0.5, 0.6) is 0 Å². The van der Waals surface area contributed by atoms with E-state index in [1.807, 2.05) is 42.6 Å². The molecule has 1 aromatic heterocycles. The van der Waals surface area contributed by atoms with Crippen LogP contribution in [0.4, 0.5) is 5.69 Å². The van der Waals surface area contributed by atoms with Crippen molar-refractivity contribution in [3.8, 4) is 0 Å². The molecule has 0 saturated carbocycles. The summed E-state index contributed by atoms with van der Waals surface area (Å²) in [4.78, 5) is 15.2. The summed E-state index contributed by atoms with van der Waals surface area (Å²) in [5.74, 6) is 0.0365. The van der Waals surface area contributed by atoms with Crippen molar-refractivity contribution in [1.82, 2.24) is 10.3 Å². The number of carbonyl (C=O) groups is 1. The fourth-order valence-electron chi connectivity index (χ4n) is 2.68. The van der Waals surface area contributed by atoms with Crippen LogP contribution in [-0.4, -0.2) is 24.0 Å². The number of rotatable bonds is 7. The van der Waals surface area contributed by atoms with Crippen molar-refractivity contribution < 1.29 is 4.79 Å². The van der Waals surface area contributed by atoms with E-state index in [0.717, 1.165) is 17.6 Å². The van der Waals surface area contributed by atoms with E-state index in [4.69, 9.17) is 11.6 Å². The Balaban J connectivity index is 1.41. The highest BCUT2D eigenvalue weighted by atomic mass is 35.5. The number of carbonyl (C=O) groups excluding carboxylic acids is 1. The van der Waals surface area contributed by atoms with Gasteiger partial charge in [-0.05, 0) is 30.2 Å². The maximum Gasteiger partial charge on any atom is 0.221 e. The van der Waals surface area contributed by atoms with Gasteiger partial charge >= 0.3 is 0 Å². The zero-order valence-corrected chi connectivity index (χ0v) is 14.1. The summed E-state index contributed by atoms with van der Waals surface area (Å²) in [6.07, 6.45) is 3.24. The number of hydrogen-bond donors (Lipinski definition) is 3. The highest BCUT2D eigenvalue weighted by Gasteiger charge is 2.05. The number of amides is 1. The van der Waals surface area contributed by atoms with Gasteiger partial charge < -0.3 is 15.6 Å². The molecule has 3 rings (SSSR count). The Morgan fingerprint density at radius 1 is 1.04 bits per heavy atom. The van der Waals surface area contributed by atoms with Crippen LogP contribution in [0.1, 0.15) is 12.0 Å². The van der Waals surface area contributed by atoms with Crippen LogP contribution in [0, 0.1) is 0 Å². The molecule has 4 nitrogen and oxygen atoms in total. The summed E-state index contributed by atoms with van der Waals surface area (Å²) >= 11 is 6.06. The molecule has 0 radical (unpaired) electrons. The van der Waals surface area contributed by atoms with Gasteiger partial charge in [-0.3, -0.25) is 4.79 Å². The van der Waals surface area contributed by atoms with Crippen LogP contribution >= 0.6 is 11.6 Å². The lowest BCUT2D eigenvalue weighted by Crippen LogP contribution is -2.27. The first-order valence-electron chi connectivity index (χ1n) is 8.04. The molecule has 1 amide bonds. The number of H-pyrrole nitrogens is 1. The van der Waals surface area contributed by atoms with Gasteiger partial charge in [0.15, 0.2) is 0 Å². The molecular formula is C19H20ClN3O. The number of aromatic nitrogens is 1. The number of anilines is 1. The maximum atomic E-state index is 11.9. The van der Waals surface area contributed by atoms with Crippen molar-refractivity contribution in [2.24, 2.45) is 0 Å². The lowest BCUT2D eigenvalue weighted by atomic mass is 10.1. The normalized spacial score (nSPS) is 10.7. The molecule has 0 unspecified atom stereocenters. The second-order valence-corrected chi connectivity index (χ2v) is 6.02. The Kier molecular flexibility index (Phi) is 5.39. The summed E-state index contributed by atoms with van der Waals surface area (Å²) in [7, 11) is 0. The second kappa shape index (κ2) is 7.88. The third-order valence-electron chi connectivity index (χ3n) is 3.93. The van der Waals surface area contributed by atoms with Gasteiger partial charge in [-0.15, -0.1) is 0 Å². The molecule has 24 heavy (non-hydrogen) atoms. The third kappa shape index (κ3) is 4.09. The Morgan fingerprint density at radius 3 is 2.71 bits per heavy atom. The minimum absolute atomic E-state index is 0.0365. The van der Waals surface area contributed by atoms with Gasteiger partial charge in [0, 0.05) is 36.6 Å². The molecular weight excluding hydrogens is 322 g/mol. The molecule has 2 aromatic carbocycles. The van der Waals surface area contributed by atoms with Crippen molar-refractivity contribution >= 4 is 34.1 Å². The minimum Gasteiger partial charge on any atom is -0.383 e. The van der Waals surface area contributed by atoms with Gasteiger partial charge in [-0.25, -0.2) is 0 Å². The molecule has 5 heteroatoms. The van der Waals surface area contributed by atoms with Crippen LogP contribution in [0.25, 0.3) is 10.9 Å². The minimum atomic E-state index is 0.0365. The molecule has 0 atom stereocenters. The molecule has 0 saturated heterocycles. The standard InChI is InChI=1S/C19H20ClN3O/c20-16-6-2-4-8-18(16)21-12-10-19(24)22-11-9-14-13-23-17-7-3-1-5-15(14)17/h1-8,13,21,23H,9-12H2,(H,22,24). The van der Waals surface area contributed by atoms with Gasteiger partial charge in [-0.2, -0.15) is 0 Å². The third-order valence-corrected chi connectivity index (χ3v) is 4.26. The summed E-state index contributed by atoms with van der Waals surface area (Å²) in [6.45, 7) is 1.19. The zero-order valence-electron chi connectivity index (χ0n) is 13.3. The van der Waals surface area contributed by atoms with Crippen LogP contribution < -0.4 is 10.6 Å². The van der Waals surface area contributed by atoms with E-state index in [1.54, 1.807) is 0 Å². The molecule has 0 aliphatic carbocycles. The van der Waals surface area contributed by atoms with Crippen LogP contribution in [0.3, 0.4) is 0 Å². The molecule has 1 heterocycles. The average molecular weight is 342 g/mol. The fraction of sp³-hybridized carbons (Fsp3) is 0.211. The number of aromatic amines is 1. The van der Waals surface area contributed by atoms with Crippen molar-refractivity contribution in [2.45, 2.75) is 12.8 Å². The number of benzene rings is 2. The fourth-order valence-corrected chi connectivity index (χ4v) is 2.88. The number of hydrogen-bond acceptors (Lipinski definition) is 2. The first-order chi connectivity index (χ1) is 11.7. The summed E-state index contributed by atoms with van der Waals surface area (Å²) in [5, 5.41) is 8.01. The van der Waals surface area contributed by atoms with E-state index >= 15 is 0 Å². The molecule has 124 valence electrons. The highest BCUT2D eigenvalue weighted by Crippen LogP contribution is 2.20. The van der Waals surface area contributed by atoms with Crippen molar-refractivity contribution in [2.75, 3.05) is 18.4 Å². The molecule has 0 spiro atoms. The number of halogens is 1. The summed E-state index contributed by atoms with van der Waals surface area (Å²) < 4.78 is 0. The summed E-state index contributed by atoms with van der Waals surface area (Å²) in [6, 6.07) is 15.7. The molecule has 0 fully saturated rings. The second-order valence-electron chi connectivity index (χ2n) is 5.62. The lowest BCUT2D eigenvalue weighted by molar-refractivity contribution is -0.120. The van der Waals surface area contributed by atoms with Gasteiger partial charge in [0.1, 0.15) is 0 Å². The smallest absolute Gasteiger partial charge is 0.221 e. The van der Waals surface area contributed by atoms with E-state index in [2.05, 4.69) is 27.8 Å². The Hall–Kier alpha value is -2.46. The van der Waals surface area contributed by atoms with E-state index in [1.165, 1.54) is 10.9 Å². The first-order valence-corrected chi connectivity index (χ1v) is 8.42. The van der Waals surface area contributed by atoms with Crippen molar-refractivity contribution in [1.29, 1.82) is 0 Å². The van der Waals surface area contributed by atoms with Gasteiger partial charge in [-0.1, -0.05) is 41.9 Å². The number of fused-ring (bicyclic) bond motifs is 1. The monoisotopic (exact) mass is 341 g/mol. The predicted octanol–water partition coefficient (Wildman–Crippen LogP) is 3.98. The summed E-state index contributed by atoms with van der Waals surface area (Å²) in [5.41, 5.74) is 3.20. The van der Waals surface area contributed by atoms with Crippen molar-refractivity contribution in [3.63, 3.8) is 0 Å². The van der Waals surface area contributed by atoms with Crippen LogP contribution in [0.2, 0.25) is 5.02 Å². The Bertz CT molecular complexity index is 828. The average Bonchev–Trinajstić information content (AvgIpc) is 3.00. The van der Waals surface area contributed by atoms with Gasteiger partial charge in [0.05, 0.1) is 10.7 Å². The van der Waals surface area contributed by atoms with Gasteiger partial charge in [0.2, 0.25) is 5.91 Å². The Labute approximate surface area is 146 Å². The van der Waals surface area contributed by atoms with Crippen LogP contribution in [0.15, 0.2) is 54.7 Å². The number of nitrogens with one attached hydrogen (secondary N) is 3. The quantitative estimate of drug-likeness (QED) is 0.608. The number of para-hydroxylation sites is 2. The largest absolute Gasteiger partial charge is 0.383 e. The molecule has 0 bridgehead atoms. The lowest BCUT2D eigenvalue weighted by Gasteiger charge is -2.08. The molecule has 3 aromatic rings.